The van der Waals surface area contributed by atoms with Crippen molar-refractivity contribution in [3.05, 3.63) is 156 Å². The summed E-state index contributed by atoms with van der Waals surface area (Å²) in [5, 5.41) is 0. The van der Waals surface area contributed by atoms with Crippen molar-refractivity contribution in [2.75, 3.05) is 0 Å². The molecule has 0 bridgehead atoms. The minimum absolute atomic E-state index is 0.0354. The Morgan fingerprint density at radius 3 is 1.87 bits per heavy atom. The van der Waals surface area contributed by atoms with Crippen LogP contribution in [0.2, 0.25) is 0 Å². The van der Waals surface area contributed by atoms with Crippen LogP contribution in [0.3, 0.4) is 0 Å². The number of rotatable bonds is 5. The van der Waals surface area contributed by atoms with Gasteiger partial charge in [0.15, 0.2) is 17.5 Å². The molecule has 3 heteroatoms. The van der Waals surface area contributed by atoms with Gasteiger partial charge in [-0.05, 0) is 88.0 Å². The summed E-state index contributed by atoms with van der Waals surface area (Å²) in [6, 6.07) is 41.4. The van der Waals surface area contributed by atoms with Gasteiger partial charge in [0.2, 0.25) is 0 Å². The molecule has 6 aromatic rings. The second-order valence-electron chi connectivity index (χ2n) is 12.9. The molecule has 0 unspecified atom stereocenters. The number of aryl methyl sites for hydroxylation is 1. The molecule has 2 aliphatic rings. The van der Waals surface area contributed by atoms with Crippen LogP contribution < -0.4 is 0 Å². The Labute approximate surface area is 271 Å². The first-order chi connectivity index (χ1) is 22.4. The summed E-state index contributed by atoms with van der Waals surface area (Å²) < 4.78 is 0. The molecule has 3 nitrogen and oxygen atoms in total. The summed E-state index contributed by atoms with van der Waals surface area (Å²) >= 11 is 0. The lowest BCUT2D eigenvalue weighted by Crippen LogP contribution is -2.15. The summed E-state index contributed by atoms with van der Waals surface area (Å²) in [5.74, 6) is 2.13. The summed E-state index contributed by atoms with van der Waals surface area (Å²) in [6.07, 6.45) is 8.32. The molecule has 1 aromatic heterocycles. The molecule has 0 saturated heterocycles. The zero-order valence-electron chi connectivity index (χ0n) is 26.5. The third kappa shape index (κ3) is 4.98. The van der Waals surface area contributed by atoms with Crippen LogP contribution >= 0.6 is 0 Å². The molecule has 1 heterocycles. The first kappa shape index (κ1) is 28.1. The van der Waals surface area contributed by atoms with Crippen LogP contribution in [-0.2, 0) is 5.41 Å². The standard InChI is InChI=1S/C43H35N3/c1-28-20-23-38-37(24-28)36-22-21-34(27-39(36)43(38,2)3)32-17-10-16-31(25-32)33-18-11-19-35(26-33)42-45-40(29-12-6-4-7-13-29)44-41(46-42)30-14-8-5-9-15-30/h4-8,10-14,16-27H,9,15H2,1-3H3. The number of nitrogens with zero attached hydrogens (tertiary/aromatic N) is 3. The topological polar surface area (TPSA) is 38.7 Å². The highest BCUT2D eigenvalue weighted by Crippen LogP contribution is 2.50. The van der Waals surface area contributed by atoms with Crippen molar-refractivity contribution in [3.63, 3.8) is 0 Å². The fraction of sp³-hybridized carbons (Fsp3) is 0.140. The number of hydrogen-bond donors (Lipinski definition) is 0. The van der Waals surface area contributed by atoms with Gasteiger partial charge in [0.25, 0.3) is 0 Å². The number of benzene rings is 5. The van der Waals surface area contributed by atoms with E-state index in [0.29, 0.717) is 11.6 Å². The van der Waals surface area contributed by atoms with Crippen molar-refractivity contribution in [1.29, 1.82) is 0 Å². The van der Waals surface area contributed by atoms with Gasteiger partial charge in [-0.3, -0.25) is 0 Å². The van der Waals surface area contributed by atoms with Gasteiger partial charge in [-0.15, -0.1) is 0 Å². The molecule has 0 radical (unpaired) electrons. The zero-order valence-corrected chi connectivity index (χ0v) is 26.5. The SMILES string of the molecule is Cc1ccc2c(c1)-c1ccc(-c3cccc(-c4cccc(-c5nc(C6=CC=CCC6)nc(-c6ccccc6)n5)c4)c3)cc1C2(C)C. The van der Waals surface area contributed by atoms with Crippen molar-refractivity contribution in [2.45, 2.75) is 39.0 Å². The normalized spacial score (nSPS) is 14.5. The lowest BCUT2D eigenvalue weighted by Gasteiger charge is -2.22. The van der Waals surface area contributed by atoms with Crippen molar-refractivity contribution < 1.29 is 0 Å². The fourth-order valence-corrected chi connectivity index (χ4v) is 6.92. The minimum Gasteiger partial charge on any atom is -0.209 e. The van der Waals surface area contributed by atoms with E-state index < -0.39 is 0 Å². The lowest BCUT2D eigenvalue weighted by molar-refractivity contribution is 0.660. The van der Waals surface area contributed by atoms with E-state index in [4.69, 9.17) is 15.0 Å². The Kier molecular flexibility index (Phi) is 6.83. The maximum absolute atomic E-state index is 5.00. The fourth-order valence-electron chi connectivity index (χ4n) is 6.92. The van der Waals surface area contributed by atoms with Crippen LogP contribution in [0.25, 0.3) is 61.7 Å². The molecule has 2 aliphatic carbocycles. The number of allylic oxidation sites excluding steroid dienone is 4. The monoisotopic (exact) mass is 593 g/mol. The molecule has 222 valence electrons. The largest absolute Gasteiger partial charge is 0.209 e. The molecule has 0 aliphatic heterocycles. The van der Waals surface area contributed by atoms with E-state index in [2.05, 4.69) is 136 Å². The maximum atomic E-state index is 5.00. The molecule has 0 atom stereocenters. The molecule has 5 aromatic carbocycles. The summed E-state index contributed by atoms with van der Waals surface area (Å²) in [6.45, 7) is 6.86. The minimum atomic E-state index is -0.0354. The van der Waals surface area contributed by atoms with E-state index in [-0.39, 0.29) is 5.41 Å². The average molecular weight is 594 g/mol. The molecule has 0 fully saturated rings. The molecule has 0 N–H and O–H groups in total. The first-order valence-electron chi connectivity index (χ1n) is 16.1. The molecular weight excluding hydrogens is 558 g/mol. The van der Waals surface area contributed by atoms with Gasteiger partial charge in [-0.1, -0.05) is 135 Å². The van der Waals surface area contributed by atoms with Gasteiger partial charge in [0.1, 0.15) is 0 Å². The second-order valence-corrected chi connectivity index (χ2v) is 12.9. The zero-order chi connectivity index (χ0) is 31.3. The van der Waals surface area contributed by atoms with Gasteiger partial charge < -0.3 is 0 Å². The maximum Gasteiger partial charge on any atom is 0.164 e. The number of aromatic nitrogens is 3. The third-order valence-electron chi connectivity index (χ3n) is 9.45. The van der Waals surface area contributed by atoms with Crippen molar-refractivity contribution in [1.82, 2.24) is 15.0 Å². The van der Waals surface area contributed by atoms with E-state index in [1.807, 2.05) is 18.2 Å². The van der Waals surface area contributed by atoms with Crippen LogP contribution in [0, 0.1) is 6.92 Å². The summed E-state index contributed by atoms with van der Waals surface area (Å²) in [7, 11) is 0. The van der Waals surface area contributed by atoms with Crippen molar-refractivity contribution in [2.24, 2.45) is 0 Å². The average Bonchev–Trinajstić information content (AvgIpc) is 3.33. The smallest absolute Gasteiger partial charge is 0.164 e. The van der Waals surface area contributed by atoms with Gasteiger partial charge in [0, 0.05) is 16.5 Å². The Morgan fingerprint density at radius 1 is 0.522 bits per heavy atom. The predicted molar refractivity (Wildman–Crippen MR) is 190 cm³/mol. The van der Waals surface area contributed by atoms with E-state index >= 15 is 0 Å². The molecular formula is C43H35N3. The third-order valence-corrected chi connectivity index (χ3v) is 9.45. The van der Waals surface area contributed by atoms with E-state index in [1.165, 1.54) is 38.9 Å². The number of fused-ring (bicyclic) bond motifs is 3. The summed E-state index contributed by atoms with van der Waals surface area (Å²) in [5.41, 5.74) is 14.6. The van der Waals surface area contributed by atoms with Crippen LogP contribution in [-0.4, -0.2) is 15.0 Å². The highest BCUT2D eigenvalue weighted by molar-refractivity contribution is 5.85. The first-order valence-corrected chi connectivity index (χ1v) is 16.1. The van der Waals surface area contributed by atoms with Crippen LogP contribution in [0.1, 0.15) is 49.2 Å². The quantitative estimate of drug-likeness (QED) is 0.200. The number of hydrogen-bond acceptors (Lipinski definition) is 3. The van der Waals surface area contributed by atoms with Crippen molar-refractivity contribution in [3.8, 4) is 56.2 Å². The highest BCUT2D eigenvalue weighted by Gasteiger charge is 2.35. The summed E-state index contributed by atoms with van der Waals surface area (Å²) in [4.78, 5) is 14.9. The van der Waals surface area contributed by atoms with Crippen LogP contribution in [0.4, 0.5) is 0 Å². The Hall–Kier alpha value is -5.41. The van der Waals surface area contributed by atoms with Crippen molar-refractivity contribution >= 4 is 5.57 Å². The Balaban J connectivity index is 1.17. The lowest BCUT2D eigenvalue weighted by atomic mass is 9.81. The molecule has 8 rings (SSSR count). The highest BCUT2D eigenvalue weighted by atomic mass is 15.0. The van der Waals surface area contributed by atoms with Crippen LogP contribution in [0.15, 0.2) is 133 Å². The van der Waals surface area contributed by atoms with Gasteiger partial charge in [-0.25, -0.2) is 15.0 Å². The van der Waals surface area contributed by atoms with Gasteiger partial charge in [-0.2, -0.15) is 0 Å². The molecule has 46 heavy (non-hydrogen) atoms. The Morgan fingerprint density at radius 2 is 1.15 bits per heavy atom. The second kappa shape index (κ2) is 11.2. The van der Waals surface area contributed by atoms with Gasteiger partial charge in [0.05, 0.1) is 0 Å². The van der Waals surface area contributed by atoms with E-state index in [9.17, 15) is 0 Å². The molecule has 0 saturated carbocycles. The molecule has 0 spiro atoms. The molecule has 0 amide bonds. The predicted octanol–water partition coefficient (Wildman–Crippen LogP) is 10.9. The van der Waals surface area contributed by atoms with Crippen LogP contribution in [0.5, 0.6) is 0 Å². The van der Waals surface area contributed by atoms with Gasteiger partial charge >= 0.3 is 0 Å². The van der Waals surface area contributed by atoms with E-state index in [1.54, 1.807) is 0 Å². The van der Waals surface area contributed by atoms with E-state index in [0.717, 1.165) is 46.5 Å². The Bertz CT molecular complexity index is 2190.